The molecule has 0 unspecified atom stereocenters. The van der Waals surface area contributed by atoms with Gasteiger partial charge in [0.15, 0.2) is 0 Å². The number of hydrogen-bond acceptors (Lipinski definition) is 3. The Morgan fingerprint density at radius 2 is 1.86 bits per heavy atom. The van der Waals surface area contributed by atoms with Gasteiger partial charge in [0.25, 0.3) is 0 Å². The molecule has 3 nitrogen and oxygen atoms in total. The molecule has 1 N–H and O–H groups in total. The van der Waals surface area contributed by atoms with Crippen LogP contribution in [-0.4, -0.2) is 16.0 Å². The average molecular weight is 281 g/mol. The van der Waals surface area contributed by atoms with Gasteiger partial charge in [-0.3, -0.25) is 0 Å². The van der Waals surface area contributed by atoms with E-state index in [1.807, 2.05) is 13.0 Å². The Bertz CT molecular complexity index is 616. The standard InChI is InChI=1S/C18H23N3/c1-13-11-16(12-19-15-9-10-15)21-17(20-13)18(2,3)14-7-5-4-6-8-14/h4-8,11,15,19H,9-10,12H2,1-3H3. The number of rotatable bonds is 5. The second kappa shape index (κ2) is 5.57. The van der Waals surface area contributed by atoms with Gasteiger partial charge in [-0.05, 0) is 45.2 Å². The molecule has 1 aliphatic carbocycles. The third kappa shape index (κ3) is 3.30. The first-order chi connectivity index (χ1) is 10.1. The molecule has 0 aliphatic heterocycles. The summed E-state index contributed by atoms with van der Waals surface area (Å²) in [7, 11) is 0. The fourth-order valence-electron chi connectivity index (χ4n) is 2.52. The highest BCUT2D eigenvalue weighted by Crippen LogP contribution is 2.29. The average Bonchev–Trinajstić information content (AvgIpc) is 3.30. The van der Waals surface area contributed by atoms with E-state index in [-0.39, 0.29) is 5.41 Å². The van der Waals surface area contributed by atoms with Gasteiger partial charge in [-0.15, -0.1) is 0 Å². The van der Waals surface area contributed by atoms with Gasteiger partial charge in [0.1, 0.15) is 5.82 Å². The van der Waals surface area contributed by atoms with Crippen LogP contribution in [0.1, 0.15) is 49.5 Å². The van der Waals surface area contributed by atoms with Crippen molar-refractivity contribution in [2.24, 2.45) is 0 Å². The van der Waals surface area contributed by atoms with E-state index in [0.717, 1.165) is 23.8 Å². The van der Waals surface area contributed by atoms with Crippen LogP contribution in [0.4, 0.5) is 0 Å². The van der Waals surface area contributed by atoms with Crippen molar-refractivity contribution >= 4 is 0 Å². The van der Waals surface area contributed by atoms with E-state index < -0.39 is 0 Å². The summed E-state index contributed by atoms with van der Waals surface area (Å²) in [5.41, 5.74) is 3.20. The van der Waals surface area contributed by atoms with Gasteiger partial charge in [0.2, 0.25) is 0 Å². The number of nitrogens with one attached hydrogen (secondary N) is 1. The van der Waals surface area contributed by atoms with Crippen molar-refractivity contribution in [1.29, 1.82) is 0 Å². The molecule has 110 valence electrons. The summed E-state index contributed by atoms with van der Waals surface area (Å²) in [6.07, 6.45) is 2.60. The number of benzene rings is 1. The summed E-state index contributed by atoms with van der Waals surface area (Å²) in [6, 6.07) is 13.3. The van der Waals surface area contributed by atoms with E-state index in [2.05, 4.69) is 54.5 Å². The van der Waals surface area contributed by atoms with Crippen LogP contribution in [0.2, 0.25) is 0 Å². The normalized spacial score (nSPS) is 15.2. The van der Waals surface area contributed by atoms with Gasteiger partial charge in [0.05, 0.1) is 5.69 Å². The molecule has 1 fully saturated rings. The second-order valence-electron chi connectivity index (χ2n) is 6.47. The molecule has 2 aromatic rings. The molecule has 0 radical (unpaired) electrons. The Morgan fingerprint density at radius 3 is 2.52 bits per heavy atom. The van der Waals surface area contributed by atoms with Crippen LogP contribution in [0.25, 0.3) is 0 Å². The number of hydrogen-bond donors (Lipinski definition) is 1. The molecule has 0 bridgehead atoms. The molecule has 3 rings (SSSR count). The summed E-state index contributed by atoms with van der Waals surface area (Å²) in [5, 5.41) is 3.53. The van der Waals surface area contributed by atoms with Crippen molar-refractivity contribution in [2.75, 3.05) is 0 Å². The predicted molar refractivity (Wildman–Crippen MR) is 85.2 cm³/mol. The highest BCUT2D eigenvalue weighted by Gasteiger charge is 2.27. The molecule has 0 amide bonds. The first-order valence-electron chi connectivity index (χ1n) is 7.69. The molecule has 21 heavy (non-hydrogen) atoms. The minimum atomic E-state index is -0.179. The Labute approximate surface area is 126 Å². The quantitative estimate of drug-likeness (QED) is 0.913. The van der Waals surface area contributed by atoms with E-state index in [0.29, 0.717) is 6.04 Å². The minimum Gasteiger partial charge on any atom is -0.308 e. The zero-order valence-electron chi connectivity index (χ0n) is 13.1. The fourth-order valence-corrected chi connectivity index (χ4v) is 2.52. The van der Waals surface area contributed by atoms with Crippen molar-refractivity contribution < 1.29 is 0 Å². The van der Waals surface area contributed by atoms with Crippen molar-refractivity contribution in [3.05, 3.63) is 59.2 Å². The first-order valence-corrected chi connectivity index (χ1v) is 7.69. The monoisotopic (exact) mass is 281 g/mol. The van der Waals surface area contributed by atoms with Gasteiger partial charge in [-0.2, -0.15) is 0 Å². The maximum absolute atomic E-state index is 4.81. The number of aromatic nitrogens is 2. The van der Waals surface area contributed by atoms with Gasteiger partial charge < -0.3 is 5.32 Å². The Kier molecular flexibility index (Phi) is 3.77. The second-order valence-corrected chi connectivity index (χ2v) is 6.47. The summed E-state index contributed by atoms with van der Waals surface area (Å²) >= 11 is 0. The van der Waals surface area contributed by atoms with Crippen LogP contribution in [0, 0.1) is 6.92 Å². The lowest BCUT2D eigenvalue weighted by molar-refractivity contribution is 0.574. The SMILES string of the molecule is Cc1cc(CNC2CC2)nc(C(C)(C)c2ccccc2)n1. The predicted octanol–water partition coefficient (Wildman–Crippen LogP) is 3.36. The fraction of sp³-hybridized carbons (Fsp3) is 0.444. The Hall–Kier alpha value is -1.74. The molecule has 1 aliphatic rings. The lowest BCUT2D eigenvalue weighted by atomic mass is 9.83. The molecule has 1 heterocycles. The summed E-state index contributed by atoms with van der Waals surface area (Å²) in [6.45, 7) is 7.27. The van der Waals surface area contributed by atoms with Crippen molar-refractivity contribution in [1.82, 2.24) is 15.3 Å². The molecule has 0 saturated heterocycles. The van der Waals surface area contributed by atoms with Gasteiger partial charge in [0, 0.05) is 23.7 Å². The summed E-state index contributed by atoms with van der Waals surface area (Å²) in [4.78, 5) is 9.49. The van der Waals surface area contributed by atoms with E-state index in [4.69, 9.17) is 4.98 Å². The summed E-state index contributed by atoms with van der Waals surface area (Å²) < 4.78 is 0. The lowest BCUT2D eigenvalue weighted by Crippen LogP contribution is -2.25. The highest BCUT2D eigenvalue weighted by atomic mass is 15.0. The molecule has 3 heteroatoms. The largest absolute Gasteiger partial charge is 0.308 e. The van der Waals surface area contributed by atoms with Crippen LogP contribution in [0.5, 0.6) is 0 Å². The van der Waals surface area contributed by atoms with Crippen LogP contribution >= 0.6 is 0 Å². The highest BCUT2D eigenvalue weighted by molar-refractivity contribution is 5.31. The Morgan fingerprint density at radius 1 is 1.14 bits per heavy atom. The van der Waals surface area contributed by atoms with E-state index in [1.165, 1.54) is 18.4 Å². The third-order valence-corrected chi connectivity index (χ3v) is 4.11. The van der Waals surface area contributed by atoms with Crippen LogP contribution in [0.15, 0.2) is 36.4 Å². The summed E-state index contributed by atoms with van der Waals surface area (Å²) in [5.74, 6) is 0.904. The number of aryl methyl sites for hydroxylation is 1. The molecule has 1 aromatic heterocycles. The van der Waals surface area contributed by atoms with Crippen LogP contribution < -0.4 is 5.32 Å². The molecule has 1 saturated carbocycles. The van der Waals surface area contributed by atoms with Crippen molar-refractivity contribution in [2.45, 2.75) is 51.6 Å². The van der Waals surface area contributed by atoms with Crippen LogP contribution in [-0.2, 0) is 12.0 Å². The van der Waals surface area contributed by atoms with Gasteiger partial charge in [-0.25, -0.2) is 9.97 Å². The zero-order valence-corrected chi connectivity index (χ0v) is 13.1. The third-order valence-electron chi connectivity index (χ3n) is 4.11. The van der Waals surface area contributed by atoms with Crippen molar-refractivity contribution in [3.8, 4) is 0 Å². The maximum atomic E-state index is 4.81. The Balaban J connectivity index is 1.89. The minimum absolute atomic E-state index is 0.179. The maximum Gasteiger partial charge on any atom is 0.138 e. The number of nitrogens with zero attached hydrogens (tertiary/aromatic N) is 2. The van der Waals surface area contributed by atoms with E-state index in [1.54, 1.807) is 0 Å². The molecule has 0 spiro atoms. The van der Waals surface area contributed by atoms with E-state index in [9.17, 15) is 0 Å². The molecular weight excluding hydrogens is 258 g/mol. The van der Waals surface area contributed by atoms with Crippen molar-refractivity contribution in [3.63, 3.8) is 0 Å². The van der Waals surface area contributed by atoms with E-state index >= 15 is 0 Å². The molecular formula is C18H23N3. The molecule has 1 aromatic carbocycles. The lowest BCUT2D eigenvalue weighted by Gasteiger charge is -2.24. The first kappa shape index (κ1) is 14.2. The van der Waals surface area contributed by atoms with Gasteiger partial charge >= 0.3 is 0 Å². The smallest absolute Gasteiger partial charge is 0.138 e. The topological polar surface area (TPSA) is 37.8 Å². The van der Waals surface area contributed by atoms with Gasteiger partial charge in [-0.1, -0.05) is 30.3 Å². The van der Waals surface area contributed by atoms with Crippen LogP contribution in [0.3, 0.4) is 0 Å². The molecule has 0 atom stereocenters. The zero-order chi connectivity index (χ0) is 14.9.